The molecule has 1 fully saturated rings. The van der Waals surface area contributed by atoms with Crippen LogP contribution in [0.25, 0.3) is 0 Å². The zero-order chi connectivity index (χ0) is 15.8. The van der Waals surface area contributed by atoms with Crippen LogP contribution >= 0.6 is 0 Å². The third kappa shape index (κ3) is 5.84. The summed E-state index contributed by atoms with van der Waals surface area (Å²) in [7, 11) is 0. The van der Waals surface area contributed by atoms with Crippen LogP contribution in [0.4, 0.5) is 4.39 Å². The SMILES string of the molecule is O=C(COC(=O)Cc1ccc(F)cc1)NCC1CCCCC1. The van der Waals surface area contributed by atoms with Crippen LogP contribution in [-0.4, -0.2) is 25.0 Å². The molecule has 1 aliphatic rings. The Labute approximate surface area is 130 Å². The average Bonchev–Trinajstić information content (AvgIpc) is 2.54. The van der Waals surface area contributed by atoms with Gasteiger partial charge in [0.2, 0.25) is 0 Å². The van der Waals surface area contributed by atoms with Crippen molar-refractivity contribution in [2.45, 2.75) is 38.5 Å². The van der Waals surface area contributed by atoms with Crippen molar-refractivity contribution in [1.82, 2.24) is 5.32 Å². The molecule has 1 aromatic rings. The number of amides is 1. The maximum atomic E-state index is 12.7. The summed E-state index contributed by atoms with van der Waals surface area (Å²) < 4.78 is 17.7. The number of benzene rings is 1. The first-order chi connectivity index (χ1) is 10.6. The lowest BCUT2D eigenvalue weighted by molar-refractivity contribution is -0.147. The molecule has 22 heavy (non-hydrogen) atoms. The molecule has 0 heterocycles. The number of hydrogen-bond acceptors (Lipinski definition) is 3. The first kappa shape index (κ1) is 16.5. The summed E-state index contributed by atoms with van der Waals surface area (Å²) in [4.78, 5) is 23.3. The molecule has 0 atom stereocenters. The number of hydrogen-bond donors (Lipinski definition) is 1. The van der Waals surface area contributed by atoms with E-state index < -0.39 is 5.97 Å². The highest BCUT2D eigenvalue weighted by Crippen LogP contribution is 2.22. The molecule has 2 rings (SSSR count). The Morgan fingerprint density at radius 1 is 1.14 bits per heavy atom. The maximum absolute atomic E-state index is 12.7. The van der Waals surface area contributed by atoms with Crippen molar-refractivity contribution in [3.05, 3.63) is 35.6 Å². The molecule has 1 amide bonds. The summed E-state index contributed by atoms with van der Waals surface area (Å²) in [5, 5.41) is 2.81. The third-order valence-electron chi connectivity index (χ3n) is 3.94. The van der Waals surface area contributed by atoms with Gasteiger partial charge in [0.25, 0.3) is 5.91 Å². The van der Waals surface area contributed by atoms with Crippen LogP contribution in [0.5, 0.6) is 0 Å². The van der Waals surface area contributed by atoms with Crippen molar-refractivity contribution in [1.29, 1.82) is 0 Å². The van der Waals surface area contributed by atoms with Gasteiger partial charge >= 0.3 is 5.97 Å². The second kappa shape index (κ2) is 8.51. The van der Waals surface area contributed by atoms with Crippen LogP contribution < -0.4 is 5.32 Å². The minimum Gasteiger partial charge on any atom is -0.455 e. The number of esters is 1. The number of nitrogens with one attached hydrogen (secondary N) is 1. The van der Waals surface area contributed by atoms with E-state index in [9.17, 15) is 14.0 Å². The molecular formula is C17H22FNO3. The normalized spacial score (nSPS) is 15.3. The van der Waals surface area contributed by atoms with Gasteiger partial charge in [-0.15, -0.1) is 0 Å². The molecule has 5 heteroatoms. The van der Waals surface area contributed by atoms with Gasteiger partial charge in [0.15, 0.2) is 6.61 Å². The Morgan fingerprint density at radius 2 is 1.82 bits per heavy atom. The molecule has 0 aliphatic heterocycles. The van der Waals surface area contributed by atoms with Crippen LogP contribution in [0.1, 0.15) is 37.7 Å². The van der Waals surface area contributed by atoms with E-state index in [1.54, 1.807) is 0 Å². The number of rotatable bonds is 6. The van der Waals surface area contributed by atoms with E-state index in [1.807, 2.05) is 0 Å². The fourth-order valence-corrected chi connectivity index (χ4v) is 2.67. The molecule has 4 nitrogen and oxygen atoms in total. The monoisotopic (exact) mass is 307 g/mol. The van der Waals surface area contributed by atoms with Crippen LogP contribution in [0.3, 0.4) is 0 Å². The Kier molecular flexibility index (Phi) is 6.37. The van der Waals surface area contributed by atoms with E-state index in [0.717, 1.165) is 12.8 Å². The van der Waals surface area contributed by atoms with E-state index in [0.29, 0.717) is 18.0 Å². The van der Waals surface area contributed by atoms with Crippen molar-refractivity contribution in [3.63, 3.8) is 0 Å². The lowest BCUT2D eigenvalue weighted by atomic mass is 9.89. The van der Waals surface area contributed by atoms with E-state index in [2.05, 4.69) is 5.32 Å². The molecule has 0 bridgehead atoms. The van der Waals surface area contributed by atoms with E-state index in [1.165, 1.54) is 43.5 Å². The smallest absolute Gasteiger partial charge is 0.310 e. The Bertz CT molecular complexity index is 495. The summed E-state index contributed by atoms with van der Waals surface area (Å²) >= 11 is 0. The molecular weight excluding hydrogens is 285 g/mol. The minimum atomic E-state index is -0.487. The van der Waals surface area contributed by atoms with Gasteiger partial charge in [-0.3, -0.25) is 9.59 Å². The molecule has 1 saturated carbocycles. The van der Waals surface area contributed by atoms with Gasteiger partial charge < -0.3 is 10.1 Å². The largest absolute Gasteiger partial charge is 0.455 e. The lowest BCUT2D eigenvalue weighted by Gasteiger charge is -2.21. The topological polar surface area (TPSA) is 55.4 Å². The highest BCUT2D eigenvalue weighted by Gasteiger charge is 2.15. The third-order valence-corrected chi connectivity index (χ3v) is 3.94. The second-order valence-electron chi connectivity index (χ2n) is 5.77. The minimum absolute atomic E-state index is 0.0379. The molecule has 0 saturated heterocycles. The number of carbonyl (C=O) groups is 2. The van der Waals surface area contributed by atoms with Crippen molar-refractivity contribution in [3.8, 4) is 0 Å². The van der Waals surface area contributed by atoms with Crippen LogP contribution in [0.15, 0.2) is 24.3 Å². The van der Waals surface area contributed by atoms with Gasteiger partial charge in [-0.1, -0.05) is 31.4 Å². The molecule has 1 N–H and O–H groups in total. The lowest BCUT2D eigenvalue weighted by Crippen LogP contribution is -2.33. The number of halogens is 1. The zero-order valence-electron chi connectivity index (χ0n) is 12.6. The van der Waals surface area contributed by atoms with Gasteiger partial charge in [0.1, 0.15) is 5.82 Å². The van der Waals surface area contributed by atoms with Crippen LogP contribution in [-0.2, 0) is 20.7 Å². The number of ether oxygens (including phenoxy) is 1. The molecule has 1 aliphatic carbocycles. The fraction of sp³-hybridized carbons (Fsp3) is 0.529. The summed E-state index contributed by atoms with van der Waals surface area (Å²) in [5.41, 5.74) is 0.661. The van der Waals surface area contributed by atoms with Gasteiger partial charge in [-0.25, -0.2) is 4.39 Å². The molecule has 1 aromatic carbocycles. The summed E-state index contributed by atoms with van der Waals surface area (Å²) in [6.07, 6.45) is 6.09. The summed E-state index contributed by atoms with van der Waals surface area (Å²) in [5.74, 6) is -0.552. The highest BCUT2D eigenvalue weighted by molar-refractivity contribution is 5.81. The van der Waals surface area contributed by atoms with Crippen molar-refractivity contribution in [2.75, 3.05) is 13.2 Å². The van der Waals surface area contributed by atoms with Crippen molar-refractivity contribution < 1.29 is 18.7 Å². The average molecular weight is 307 g/mol. The predicted octanol–water partition coefficient (Wildman–Crippen LogP) is 2.61. The molecule has 0 aromatic heterocycles. The Balaban J connectivity index is 1.62. The zero-order valence-corrected chi connectivity index (χ0v) is 12.6. The summed E-state index contributed by atoms with van der Waals surface area (Å²) in [6.45, 7) is 0.404. The number of carbonyl (C=O) groups excluding carboxylic acids is 2. The quantitative estimate of drug-likeness (QED) is 0.822. The van der Waals surface area contributed by atoms with Gasteiger partial charge in [0.05, 0.1) is 6.42 Å². The maximum Gasteiger partial charge on any atom is 0.310 e. The van der Waals surface area contributed by atoms with E-state index >= 15 is 0 Å². The highest BCUT2D eigenvalue weighted by atomic mass is 19.1. The first-order valence-electron chi connectivity index (χ1n) is 7.80. The Hall–Kier alpha value is -1.91. The molecule has 0 unspecified atom stereocenters. The van der Waals surface area contributed by atoms with E-state index in [-0.39, 0.29) is 24.8 Å². The van der Waals surface area contributed by atoms with Crippen molar-refractivity contribution >= 4 is 11.9 Å². The molecule has 0 spiro atoms. The standard InChI is InChI=1S/C17H22FNO3/c18-15-8-6-13(7-9-15)10-17(21)22-12-16(20)19-11-14-4-2-1-3-5-14/h6-9,14H,1-5,10-12H2,(H,19,20). The van der Waals surface area contributed by atoms with Gasteiger partial charge in [-0.05, 0) is 36.5 Å². The van der Waals surface area contributed by atoms with Gasteiger partial charge in [-0.2, -0.15) is 0 Å². The van der Waals surface area contributed by atoms with E-state index in [4.69, 9.17) is 4.74 Å². The predicted molar refractivity (Wildman–Crippen MR) is 80.6 cm³/mol. The van der Waals surface area contributed by atoms with Crippen LogP contribution in [0, 0.1) is 11.7 Å². The summed E-state index contributed by atoms with van der Waals surface area (Å²) in [6, 6.07) is 5.64. The molecule has 0 radical (unpaired) electrons. The molecule has 120 valence electrons. The van der Waals surface area contributed by atoms with Gasteiger partial charge in [0, 0.05) is 6.54 Å². The fourth-order valence-electron chi connectivity index (χ4n) is 2.67. The first-order valence-corrected chi connectivity index (χ1v) is 7.80. The second-order valence-corrected chi connectivity index (χ2v) is 5.77. The van der Waals surface area contributed by atoms with Crippen molar-refractivity contribution in [2.24, 2.45) is 5.92 Å². The Morgan fingerprint density at radius 3 is 2.50 bits per heavy atom. The van der Waals surface area contributed by atoms with Crippen LogP contribution in [0.2, 0.25) is 0 Å².